The lowest BCUT2D eigenvalue weighted by atomic mass is 10.0. The molecular formula is C35H61NO6. The van der Waals surface area contributed by atoms with E-state index in [9.17, 15) is 9.59 Å². The first-order chi connectivity index (χ1) is 20.7. The fourth-order valence-electron chi connectivity index (χ4n) is 4.66. The van der Waals surface area contributed by atoms with Gasteiger partial charge in [0.15, 0.2) is 0 Å². The Labute approximate surface area is 256 Å². The number of rotatable bonds is 30. The number of nitrogens with one attached hydrogen (secondary N) is 1. The molecule has 42 heavy (non-hydrogen) atoms. The van der Waals surface area contributed by atoms with Gasteiger partial charge in [-0.3, -0.25) is 4.79 Å². The van der Waals surface area contributed by atoms with E-state index in [-0.39, 0.29) is 25.2 Å². The second-order valence-corrected chi connectivity index (χ2v) is 11.1. The maximum Gasteiger partial charge on any atom is 0.338 e. The van der Waals surface area contributed by atoms with Crippen LogP contribution in [0.3, 0.4) is 0 Å². The van der Waals surface area contributed by atoms with E-state index in [0.717, 1.165) is 37.9 Å². The molecule has 0 radical (unpaired) electrons. The van der Waals surface area contributed by atoms with Crippen LogP contribution >= 0.6 is 0 Å². The summed E-state index contributed by atoms with van der Waals surface area (Å²) in [5.74, 6) is -0.505. The monoisotopic (exact) mass is 591 g/mol. The molecule has 242 valence electrons. The molecule has 0 saturated carbocycles. The van der Waals surface area contributed by atoms with Crippen molar-refractivity contribution in [3.8, 4) is 0 Å². The average Bonchev–Trinajstić information content (AvgIpc) is 3.00. The summed E-state index contributed by atoms with van der Waals surface area (Å²) < 4.78 is 21.4. The summed E-state index contributed by atoms with van der Waals surface area (Å²) in [6.45, 7) is 7.25. The van der Waals surface area contributed by atoms with Crippen LogP contribution < -0.4 is 5.32 Å². The van der Waals surface area contributed by atoms with E-state index in [1.807, 2.05) is 12.1 Å². The molecule has 0 amide bonds. The number of ether oxygens (including phenoxy) is 4. The first-order valence-corrected chi connectivity index (χ1v) is 17.0. The molecule has 0 aliphatic carbocycles. The minimum absolute atomic E-state index is 0.145. The Hall–Kier alpha value is -2.12. The minimum atomic E-state index is -0.360. The summed E-state index contributed by atoms with van der Waals surface area (Å²) in [4.78, 5) is 24.0. The number of carbonyl (C=O) groups is 2. The standard InChI is InChI=1S/C35H61NO6/c1-3-5-7-8-9-10-11-12-13-14-15-16-17-18-19-20-34(37)41-30-28-39-26-27-40-29-31-42-35(38)32-21-23-33(24-22-32)36-25-6-4-2/h21-24,36H,3-20,25-31H2,1-2H3. The van der Waals surface area contributed by atoms with Crippen LogP contribution in [0.4, 0.5) is 5.69 Å². The molecule has 7 nitrogen and oxygen atoms in total. The van der Waals surface area contributed by atoms with Crippen molar-refractivity contribution in [1.29, 1.82) is 0 Å². The van der Waals surface area contributed by atoms with E-state index >= 15 is 0 Å². The van der Waals surface area contributed by atoms with Crippen LogP contribution in [-0.2, 0) is 23.7 Å². The van der Waals surface area contributed by atoms with Gasteiger partial charge in [0, 0.05) is 18.7 Å². The van der Waals surface area contributed by atoms with Gasteiger partial charge in [-0.2, -0.15) is 0 Å². The van der Waals surface area contributed by atoms with Crippen LogP contribution in [0.1, 0.15) is 140 Å². The number of hydrogen-bond acceptors (Lipinski definition) is 7. The highest BCUT2D eigenvalue weighted by molar-refractivity contribution is 5.89. The molecule has 1 rings (SSSR count). The van der Waals surface area contributed by atoms with Gasteiger partial charge >= 0.3 is 11.9 Å². The molecule has 0 aromatic heterocycles. The van der Waals surface area contributed by atoms with E-state index in [2.05, 4.69) is 19.2 Å². The van der Waals surface area contributed by atoms with Gasteiger partial charge in [0.25, 0.3) is 0 Å². The Morgan fingerprint density at radius 3 is 1.52 bits per heavy atom. The van der Waals surface area contributed by atoms with Gasteiger partial charge in [-0.25, -0.2) is 4.79 Å². The van der Waals surface area contributed by atoms with Crippen molar-refractivity contribution in [3.63, 3.8) is 0 Å². The maximum atomic E-state index is 12.1. The number of esters is 2. The zero-order valence-corrected chi connectivity index (χ0v) is 26.9. The molecule has 1 aromatic carbocycles. The smallest absolute Gasteiger partial charge is 0.338 e. The van der Waals surface area contributed by atoms with Crippen LogP contribution in [0.25, 0.3) is 0 Å². The lowest BCUT2D eigenvalue weighted by Gasteiger charge is -2.09. The van der Waals surface area contributed by atoms with Gasteiger partial charge < -0.3 is 24.3 Å². The summed E-state index contributed by atoms with van der Waals surface area (Å²) in [6.07, 6.45) is 22.4. The molecule has 7 heteroatoms. The van der Waals surface area contributed by atoms with Crippen LogP contribution in [0, 0.1) is 0 Å². The Kier molecular flexibility index (Phi) is 26.1. The normalized spacial score (nSPS) is 11.0. The van der Waals surface area contributed by atoms with Crippen LogP contribution in [0.5, 0.6) is 0 Å². The number of benzene rings is 1. The van der Waals surface area contributed by atoms with Crippen LogP contribution in [0.15, 0.2) is 24.3 Å². The predicted molar refractivity (Wildman–Crippen MR) is 172 cm³/mol. The van der Waals surface area contributed by atoms with Gasteiger partial charge in [0.05, 0.1) is 32.0 Å². The molecule has 0 fully saturated rings. The third-order valence-electron chi connectivity index (χ3n) is 7.29. The Morgan fingerprint density at radius 1 is 0.548 bits per heavy atom. The highest BCUT2D eigenvalue weighted by atomic mass is 16.6. The van der Waals surface area contributed by atoms with E-state index < -0.39 is 0 Å². The molecule has 0 saturated heterocycles. The summed E-state index contributed by atoms with van der Waals surface area (Å²) in [7, 11) is 0. The maximum absolute atomic E-state index is 12.1. The molecule has 1 N–H and O–H groups in total. The third-order valence-corrected chi connectivity index (χ3v) is 7.29. The van der Waals surface area contributed by atoms with Crippen molar-refractivity contribution >= 4 is 17.6 Å². The van der Waals surface area contributed by atoms with Crippen LogP contribution in [0.2, 0.25) is 0 Å². The molecule has 0 aliphatic rings. The number of hydrogen-bond donors (Lipinski definition) is 1. The first kappa shape index (κ1) is 37.9. The van der Waals surface area contributed by atoms with E-state index in [1.165, 1.54) is 83.5 Å². The highest BCUT2D eigenvalue weighted by Gasteiger charge is 2.07. The Bertz CT molecular complexity index is 754. The van der Waals surface area contributed by atoms with E-state index in [1.54, 1.807) is 12.1 Å². The van der Waals surface area contributed by atoms with Crippen molar-refractivity contribution < 1.29 is 28.5 Å². The molecule has 0 bridgehead atoms. The lowest BCUT2D eigenvalue weighted by molar-refractivity contribution is -0.145. The Morgan fingerprint density at radius 2 is 1.00 bits per heavy atom. The molecule has 0 heterocycles. The average molecular weight is 592 g/mol. The van der Waals surface area contributed by atoms with Gasteiger partial charge in [-0.15, -0.1) is 0 Å². The van der Waals surface area contributed by atoms with Crippen molar-refractivity contribution in [2.75, 3.05) is 51.5 Å². The number of unbranched alkanes of at least 4 members (excludes halogenated alkanes) is 15. The predicted octanol–water partition coefficient (Wildman–Crippen LogP) is 8.89. The van der Waals surface area contributed by atoms with Gasteiger partial charge in [-0.1, -0.05) is 110 Å². The Balaban J connectivity index is 1.81. The second-order valence-electron chi connectivity index (χ2n) is 11.1. The van der Waals surface area contributed by atoms with Crippen LogP contribution in [-0.4, -0.2) is 58.1 Å². The summed E-state index contributed by atoms with van der Waals surface area (Å²) in [6, 6.07) is 7.30. The zero-order chi connectivity index (χ0) is 30.4. The molecule has 0 spiro atoms. The van der Waals surface area contributed by atoms with Gasteiger partial charge in [-0.05, 0) is 37.1 Å². The van der Waals surface area contributed by atoms with E-state index in [4.69, 9.17) is 18.9 Å². The topological polar surface area (TPSA) is 83.1 Å². The molecule has 0 atom stereocenters. The quantitative estimate of drug-likeness (QED) is 0.0706. The fourth-order valence-corrected chi connectivity index (χ4v) is 4.66. The summed E-state index contributed by atoms with van der Waals surface area (Å²) in [5, 5.41) is 3.32. The van der Waals surface area contributed by atoms with Crippen molar-refractivity contribution in [2.45, 2.75) is 129 Å². The van der Waals surface area contributed by atoms with Gasteiger partial charge in [0.2, 0.25) is 0 Å². The molecular weight excluding hydrogens is 530 g/mol. The zero-order valence-electron chi connectivity index (χ0n) is 26.9. The first-order valence-electron chi connectivity index (χ1n) is 17.0. The summed E-state index contributed by atoms with van der Waals surface area (Å²) >= 11 is 0. The molecule has 1 aromatic rings. The molecule has 0 aliphatic heterocycles. The second kappa shape index (κ2) is 29.0. The number of anilines is 1. The van der Waals surface area contributed by atoms with Crippen molar-refractivity contribution in [3.05, 3.63) is 29.8 Å². The highest BCUT2D eigenvalue weighted by Crippen LogP contribution is 2.14. The SMILES string of the molecule is CCCCCCCCCCCCCCCCCC(=O)OCCOCCOCCOC(=O)c1ccc(NCCCC)cc1. The fraction of sp³-hybridized carbons (Fsp3) is 0.771. The molecule has 0 unspecified atom stereocenters. The number of carbonyl (C=O) groups excluding carboxylic acids is 2. The van der Waals surface area contributed by atoms with Crippen molar-refractivity contribution in [1.82, 2.24) is 0 Å². The minimum Gasteiger partial charge on any atom is -0.463 e. The third kappa shape index (κ3) is 23.4. The van der Waals surface area contributed by atoms with Gasteiger partial charge in [0.1, 0.15) is 13.2 Å². The van der Waals surface area contributed by atoms with E-state index in [0.29, 0.717) is 38.4 Å². The largest absolute Gasteiger partial charge is 0.463 e. The lowest BCUT2D eigenvalue weighted by Crippen LogP contribution is -2.15. The summed E-state index contributed by atoms with van der Waals surface area (Å²) in [5.41, 5.74) is 1.52. The van der Waals surface area contributed by atoms with Crippen molar-refractivity contribution in [2.24, 2.45) is 0 Å².